The number of aromatic nitrogens is 1. The summed E-state index contributed by atoms with van der Waals surface area (Å²) in [6.07, 6.45) is 0.189. The van der Waals surface area contributed by atoms with E-state index in [2.05, 4.69) is 0 Å². The van der Waals surface area contributed by atoms with Crippen molar-refractivity contribution in [3.63, 3.8) is 0 Å². The standard InChI is InChI=1S/C20H19NO4/c1-24-19(22)11-12-21-17-10-6-5-9-16(17)13-18(21)20(23)25-14-15-7-3-2-4-8-15/h2-10,13H,11-12,14H2,1H3. The van der Waals surface area contributed by atoms with E-state index in [1.807, 2.05) is 54.6 Å². The van der Waals surface area contributed by atoms with E-state index < -0.39 is 5.97 Å². The van der Waals surface area contributed by atoms with Crippen molar-refractivity contribution < 1.29 is 19.1 Å². The Labute approximate surface area is 145 Å². The summed E-state index contributed by atoms with van der Waals surface area (Å²) < 4.78 is 11.9. The smallest absolute Gasteiger partial charge is 0.355 e. The number of hydrogen-bond donors (Lipinski definition) is 0. The van der Waals surface area contributed by atoms with Crippen LogP contribution in [0.3, 0.4) is 0 Å². The molecule has 2 aromatic carbocycles. The van der Waals surface area contributed by atoms with Crippen molar-refractivity contribution in [2.45, 2.75) is 19.6 Å². The molecule has 0 radical (unpaired) electrons. The maximum absolute atomic E-state index is 12.6. The van der Waals surface area contributed by atoms with Gasteiger partial charge in [0.25, 0.3) is 0 Å². The molecule has 128 valence electrons. The minimum Gasteiger partial charge on any atom is -0.469 e. The number of carbonyl (C=O) groups excluding carboxylic acids is 2. The highest BCUT2D eigenvalue weighted by Crippen LogP contribution is 2.21. The Morgan fingerprint density at radius 3 is 2.48 bits per heavy atom. The molecule has 0 amide bonds. The first kappa shape index (κ1) is 16.8. The van der Waals surface area contributed by atoms with Crippen LogP contribution in [0.25, 0.3) is 10.9 Å². The SMILES string of the molecule is COC(=O)CCn1c(C(=O)OCc2ccccc2)cc2ccccc21. The Morgan fingerprint density at radius 2 is 1.72 bits per heavy atom. The lowest BCUT2D eigenvalue weighted by Gasteiger charge is -2.10. The molecule has 0 aliphatic heterocycles. The normalized spacial score (nSPS) is 10.6. The Balaban J connectivity index is 1.83. The van der Waals surface area contributed by atoms with Gasteiger partial charge >= 0.3 is 11.9 Å². The van der Waals surface area contributed by atoms with Crippen LogP contribution in [0.2, 0.25) is 0 Å². The first-order valence-corrected chi connectivity index (χ1v) is 8.05. The Hall–Kier alpha value is -3.08. The van der Waals surface area contributed by atoms with Gasteiger partial charge in [-0.25, -0.2) is 4.79 Å². The summed E-state index contributed by atoms with van der Waals surface area (Å²) >= 11 is 0. The van der Waals surface area contributed by atoms with Gasteiger partial charge in [0, 0.05) is 17.4 Å². The summed E-state index contributed by atoms with van der Waals surface area (Å²) in [5.41, 5.74) is 2.24. The van der Waals surface area contributed by atoms with E-state index in [1.165, 1.54) is 7.11 Å². The molecule has 5 nitrogen and oxygen atoms in total. The maximum Gasteiger partial charge on any atom is 0.355 e. The third-order valence-electron chi connectivity index (χ3n) is 4.00. The molecule has 3 rings (SSSR count). The Bertz CT molecular complexity index is 883. The number of benzene rings is 2. The van der Waals surface area contributed by atoms with Gasteiger partial charge in [0.15, 0.2) is 0 Å². The number of fused-ring (bicyclic) bond motifs is 1. The number of rotatable bonds is 6. The molecule has 1 aromatic heterocycles. The molecular formula is C20H19NO4. The number of hydrogen-bond acceptors (Lipinski definition) is 4. The third kappa shape index (κ3) is 3.88. The molecule has 0 saturated carbocycles. The van der Waals surface area contributed by atoms with Gasteiger partial charge in [-0.3, -0.25) is 4.79 Å². The summed E-state index contributed by atoms with van der Waals surface area (Å²) in [6, 6.07) is 19.0. The molecule has 1 heterocycles. The summed E-state index contributed by atoms with van der Waals surface area (Å²) in [5, 5.41) is 0.930. The fourth-order valence-corrected chi connectivity index (χ4v) is 2.72. The first-order valence-electron chi connectivity index (χ1n) is 8.05. The van der Waals surface area contributed by atoms with E-state index in [0.29, 0.717) is 12.2 Å². The lowest BCUT2D eigenvalue weighted by atomic mass is 10.2. The van der Waals surface area contributed by atoms with Gasteiger partial charge in [0.1, 0.15) is 12.3 Å². The number of para-hydroxylation sites is 1. The summed E-state index contributed by atoms with van der Waals surface area (Å²) in [4.78, 5) is 24.0. The second kappa shape index (κ2) is 7.66. The number of ether oxygens (including phenoxy) is 2. The second-order valence-electron chi connectivity index (χ2n) is 5.63. The van der Waals surface area contributed by atoms with Gasteiger partial charge in [0.05, 0.1) is 13.5 Å². The molecule has 0 bridgehead atoms. The molecule has 0 saturated heterocycles. The zero-order valence-electron chi connectivity index (χ0n) is 14.0. The highest BCUT2D eigenvalue weighted by molar-refractivity contribution is 5.95. The maximum atomic E-state index is 12.6. The van der Waals surface area contributed by atoms with Crippen molar-refractivity contribution in [2.75, 3.05) is 7.11 Å². The van der Waals surface area contributed by atoms with E-state index >= 15 is 0 Å². The minimum absolute atomic E-state index is 0.189. The zero-order chi connectivity index (χ0) is 17.6. The van der Waals surface area contributed by atoms with Crippen LogP contribution in [0, 0.1) is 0 Å². The molecule has 5 heteroatoms. The molecule has 0 aliphatic rings. The summed E-state index contributed by atoms with van der Waals surface area (Å²) in [5.74, 6) is -0.730. The van der Waals surface area contributed by atoms with Gasteiger partial charge in [-0.15, -0.1) is 0 Å². The minimum atomic E-state index is -0.412. The van der Waals surface area contributed by atoms with Gasteiger partial charge < -0.3 is 14.0 Å². The van der Waals surface area contributed by atoms with Crippen molar-refractivity contribution in [3.05, 3.63) is 71.9 Å². The molecule has 0 fully saturated rings. The number of carbonyl (C=O) groups is 2. The fraction of sp³-hybridized carbons (Fsp3) is 0.200. The van der Waals surface area contributed by atoms with Crippen molar-refractivity contribution in [2.24, 2.45) is 0 Å². The highest BCUT2D eigenvalue weighted by atomic mass is 16.5. The van der Waals surface area contributed by atoms with Crippen LogP contribution in [-0.2, 0) is 27.4 Å². The highest BCUT2D eigenvalue weighted by Gasteiger charge is 2.17. The van der Waals surface area contributed by atoms with Gasteiger partial charge in [0.2, 0.25) is 0 Å². The van der Waals surface area contributed by atoms with Gasteiger partial charge in [-0.2, -0.15) is 0 Å². The van der Waals surface area contributed by atoms with Gasteiger partial charge in [-0.1, -0.05) is 48.5 Å². The predicted octanol–water partition coefficient (Wildman–Crippen LogP) is 3.56. The average Bonchev–Trinajstić information content (AvgIpc) is 3.03. The van der Waals surface area contributed by atoms with Crippen LogP contribution in [-0.4, -0.2) is 23.6 Å². The first-order chi connectivity index (χ1) is 12.2. The molecule has 3 aromatic rings. The number of esters is 2. The van der Waals surface area contributed by atoms with Crippen LogP contribution >= 0.6 is 0 Å². The number of nitrogens with zero attached hydrogens (tertiary/aromatic N) is 1. The fourth-order valence-electron chi connectivity index (χ4n) is 2.72. The monoisotopic (exact) mass is 337 g/mol. The molecule has 0 spiro atoms. The molecule has 25 heavy (non-hydrogen) atoms. The van der Waals surface area contributed by atoms with Crippen LogP contribution in [0.5, 0.6) is 0 Å². The van der Waals surface area contributed by atoms with Crippen molar-refractivity contribution in [1.29, 1.82) is 0 Å². The van der Waals surface area contributed by atoms with Crippen LogP contribution in [0.15, 0.2) is 60.7 Å². The summed E-state index contributed by atoms with van der Waals surface area (Å²) in [7, 11) is 1.35. The van der Waals surface area contributed by atoms with E-state index in [0.717, 1.165) is 16.5 Å². The molecule has 0 N–H and O–H groups in total. The zero-order valence-corrected chi connectivity index (χ0v) is 14.0. The quantitative estimate of drug-likeness (QED) is 0.645. The van der Waals surface area contributed by atoms with E-state index in [9.17, 15) is 9.59 Å². The lowest BCUT2D eigenvalue weighted by Crippen LogP contribution is -2.14. The number of methoxy groups -OCH3 is 1. The van der Waals surface area contributed by atoms with Crippen LogP contribution in [0.1, 0.15) is 22.5 Å². The molecule has 0 aliphatic carbocycles. The van der Waals surface area contributed by atoms with E-state index in [1.54, 1.807) is 10.6 Å². The van der Waals surface area contributed by atoms with Crippen molar-refractivity contribution in [3.8, 4) is 0 Å². The van der Waals surface area contributed by atoms with E-state index in [4.69, 9.17) is 9.47 Å². The number of aryl methyl sites for hydroxylation is 1. The topological polar surface area (TPSA) is 57.5 Å². The van der Waals surface area contributed by atoms with Gasteiger partial charge in [-0.05, 0) is 17.7 Å². The molecule has 0 unspecified atom stereocenters. The lowest BCUT2D eigenvalue weighted by molar-refractivity contribution is -0.140. The average molecular weight is 337 g/mol. The Morgan fingerprint density at radius 1 is 1.00 bits per heavy atom. The van der Waals surface area contributed by atoms with E-state index in [-0.39, 0.29) is 19.0 Å². The molecule has 0 atom stereocenters. The third-order valence-corrected chi connectivity index (χ3v) is 4.00. The van der Waals surface area contributed by atoms with Crippen LogP contribution in [0.4, 0.5) is 0 Å². The largest absolute Gasteiger partial charge is 0.469 e. The molecular weight excluding hydrogens is 318 g/mol. The Kier molecular flexibility index (Phi) is 5.14. The van der Waals surface area contributed by atoms with Crippen LogP contribution < -0.4 is 0 Å². The summed E-state index contributed by atoms with van der Waals surface area (Å²) in [6.45, 7) is 0.564. The van der Waals surface area contributed by atoms with Crippen molar-refractivity contribution in [1.82, 2.24) is 4.57 Å². The second-order valence-corrected chi connectivity index (χ2v) is 5.63. The van der Waals surface area contributed by atoms with Crippen molar-refractivity contribution >= 4 is 22.8 Å². The predicted molar refractivity (Wildman–Crippen MR) is 94.1 cm³/mol.